The van der Waals surface area contributed by atoms with Gasteiger partial charge in [-0.05, 0) is 45.6 Å². The molecule has 0 aliphatic heterocycles. The van der Waals surface area contributed by atoms with Gasteiger partial charge in [0.05, 0.1) is 12.8 Å². The molecule has 1 aliphatic carbocycles. The first-order valence-corrected chi connectivity index (χ1v) is 6.52. The third-order valence-corrected chi connectivity index (χ3v) is 3.35. The Kier molecular flexibility index (Phi) is 4.05. The van der Waals surface area contributed by atoms with E-state index in [0.717, 1.165) is 30.6 Å². The maximum atomic E-state index is 5.39. The fourth-order valence-electron chi connectivity index (χ4n) is 2.24. The van der Waals surface area contributed by atoms with Gasteiger partial charge >= 0.3 is 0 Å². The van der Waals surface area contributed by atoms with Crippen molar-refractivity contribution in [1.29, 1.82) is 0 Å². The van der Waals surface area contributed by atoms with Gasteiger partial charge in [0.15, 0.2) is 0 Å². The summed E-state index contributed by atoms with van der Waals surface area (Å²) in [6, 6.07) is 0.824. The summed E-state index contributed by atoms with van der Waals surface area (Å²) in [7, 11) is 3.65. The zero-order chi connectivity index (χ0) is 12.3. The summed E-state index contributed by atoms with van der Waals surface area (Å²) < 4.78 is 7.21. The molecule has 0 bridgehead atoms. The van der Waals surface area contributed by atoms with Crippen LogP contribution in [0.25, 0.3) is 0 Å². The topological polar surface area (TPSA) is 39.1 Å². The Balaban J connectivity index is 1.76. The fraction of sp³-hybridized carbons (Fsp3) is 0.769. The normalized spacial score (nSPS) is 15.2. The molecule has 4 nitrogen and oxygen atoms in total. The van der Waals surface area contributed by atoms with Crippen molar-refractivity contribution >= 4 is 0 Å². The quantitative estimate of drug-likeness (QED) is 0.735. The average molecular weight is 237 g/mol. The molecule has 1 aromatic rings. The van der Waals surface area contributed by atoms with E-state index < -0.39 is 0 Å². The van der Waals surface area contributed by atoms with Crippen molar-refractivity contribution in [2.45, 2.75) is 45.1 Å². The summed E-state index contributed by atoms with van der Waals surface area (Å²) in [5.41, 5.74) is 2.36. The highest BCUT2D eigenvalue weighted by molar-refractivity contribution is 5.30. The summed E-state index contributed by atoms with van der Waals surface area (Å²) in [5.74, 6) is 0.914. The van der Waals surface area contributed by atoms with Crippen molar-refractivity contribution in [2.24, 2.45) is 7.05 Å². The van der Waals surface area contributed by atoms with Crippen LogP contribution in [0.15, 0.2) is 0 Å². The Hall–Kier alpha value is -1.03. The van der Waals surface area contributed by atoms with E-state index in [-0.39, 0.29) is 0 Å². The van der Waals surface area contributed by atoms with Gasteiger partial charge in [-0.2, -0.15) is 5.10 Å². The number of methoxy groups -OCH3 is 1. The smallest absolute Gasteiger partial charge is 0.214 e. The molecular weight excluding hydrogens is 214 g/mol. The second-order valence-corrected chi connectivity index (χ2v) is 4.88. The van der Waals surface area contributed by atoms with E-state index in [2.05, 4.69) is 17.3 Å². The molecule has 96 valence electrons. The van der Waals surface area contributed by atoms with Crippen LogP contribution in [0.4, 0.5) is 0 Å². The molecule has 0 amide bonds. The molecule has 1 saturated carbocycles. The van der Waals surface area contributed by atoms with Gasteiger partial charge in [0.2, 0.25) is 5.88 Å². The number of nitrogens with one attached hydrogen (secondary N) is 1. The first kappa shape index (κ1) is 12.4. The van der Waals surface area contributed by atoms with Crippen LogP contribution in [-0.2, 0) is 13.5 Å². The lowest BCUT2D eigenvalue weighted by Crippen LogP contribution is -2.17. The summed E-state index contributed by atoms with van der Waals surface area (Å²) in [6.45, 7) is 3.20. The number of aromatic nitrogens is 2. The van der Waals surface area contributed by atoms with E-state index in [9.17, 15) is 0 Å². The monoisotopic (exact) mass is 237 g/mol. The molecule has 0 unspecified atom stereocenters. The predicted octanol–water partition coefficient (Wildman–Crippen LogP) is 1.81. The molecule has 17 heavy (non-hydrogen) atoms. The number of hydrogen-bond donors (Lipinski definition) is 1. The highest BCUT2D eigenvalue weighted by Gasteiger charge is 2.19. The maximum Gasteiger partial charge on any atom is 0.214 e. The van der Waals surface area contributed by atoms with E-state index in [4.69, 9.17) is 4.74 Å². The van der Waals surface area contributed by atoms with Crippen molar-refractivity contribution in [1.82, 2.24) is 15.1 Å². The number of nitrogens with zero attached hydrogens (tertiary/aromatic N) is 2. The van der Waals surface area contributed by atoms with Crippen LogP contribution in [0.3, 0.4) is 0 Å². The SMILES string of the molecule is COc1c(CCCCNC2CC2)c(C)nn1C. The first-order valence-electron chi connectivity index (χ1n) is 6.52. The Morgan fingerprint density at radius 3 is 2.82 bits per heavy atom. The number of ether oxygens (including phenoxy) is 1. The second-order valence-electron chi connectivity index (χ2n) is 4.88. The van der Waals surface area contributed by atoms with Gasteiger partial charge in [-0.25, -0.2) is 4.68 Å². The lowest BCUT2D eigenvalue weighted by atomic mass is 10.1. The zero-order valence-corrected chi connectivity index (χ0v) is 11.1. The van der Waals surface area contributed by atoms with Crippen molar-refractivity contribution in [3.8, 4) is 5.88 Å². The number of rotatable bonds is 7. The average Bonchev–Trinajstić information content (AvgIpc) is 3.06. The molecular formula is C13H23N3O. The minimum Gasteiger partial charge on any atom is -0.481 e. The summed E-state index contributed by atoms with van der Waals surface area (Å²) in [6.07, 6.45) is 6.23. The number of hydrogen-bond acceptors (Lipinski definition) is 3. The summed E-state index contributed by atoms with van der Waals surface area (Å²) in [5, 5.41) is 7.93. The van der Waals surface area contributed by atoms with Crippen LogP contribution in [0.1, 0.15) is 36.9 Å². The van der Waals surface area contributed by atoms with Gasteiger partial charge in [0.25, 0.3) is 0 Å². The summed E-state index contributed by atoms with van der Waals surface area (Å²) >= 11 is 0. The summed E-state index contributed by atoms with van der Waals surface area (Å²) in [4.78, 5) is 0. The molecule has 4 heteroatoms. The molecule has 0 spiro atoms. The lowest BCUT2D eigenvalue weighted by molar-refractivity contribution is 0.368. The zero-order valence-electron chi connectivity index (χ0n) is 11.1. The van der Waals surface area contributed by atoms with E-state index >= 15 is 0 Å². The van der Waals surface area contributed by atoms with Crippen molar-refractivity contribution < 1.29 is 4.74 Å². The van der Waals surface area contributed by atoms with Gasteiger partial charge in [-0.3, -0.25) is 0 Å². The van der Waals surface area contributed by atoms with Gasteiger partial charge < -0.3 is 10.1 Å². The molecule has 0 aromatic carbocycles. The number of unbranched alkanes of at least 4 members (excludes halogenated alkanes) is 1. The van der Waals surface area contributed by atoms with Crippen molar-refractivity contribution in [3.63, 3.8) is 0 Å². The Morgan fingerprint density at radius 1 is 1.41 bits per heavy atom. The molecule has 0 saturated heterocycles. The molecule has 0 radical (unpaired) electrons. The maximum absolute atomic E-state index is 5.39. The molecule has 1 fully saturated rings. The van der Waals surface area contributed by atoms with Gasteiger partial charge in [0, 0.05) is 18.7 Å². The van der Waals surface area contributed by atoms with E-state index in [1.165, 1.54) is 31.2 Å². The van der Waals surface area contributed by atoms with Crippen LogP contribution in [0.5, 0.6) is 5.88 Å². The lowest BCUT2D eigenvalue weighted by Gasteiger charge is -2.05. The van der Waals surface area contributed by atoms with Crippen LogP contribution >= 0.6 is 0 Å². The third kappa shape index (κ3) is 3.22. The van der Waals surface area contributed by atoms with Gasteiger partial charge in [-0.1, -0.05) is 0 Å². The molecule has 1 aromatic heterocycles. The largest absolute Gasteiger partial charge is 0.481 e. The van der Waals surface area contributed by atoms with Crippen LogP contribution < -0.4 is 10.1 Å². The molecule has 2 rings (SSSR count). The van der Waals surface area contributed by atoms with Crippen molar-refractivity contribution in [2.75, 3.05) is 13.7 Å². The third-order valence-electron chi connectivity index (χ3n) is 3.35. The Morgan fingerprint density at radius 2 is 2.18 bits per heavy atom. The van der Waals surface area contributed by atoms with E-state index in [1.807, 2.05) is 11.7 Å². The fourth-order valence-corrected chi connectivity index (χ4v) is 2.24. The highest BCUT2D eigenvalue weighted by atomic mass is 16.5. The second kappa shape index (κ2) is 5.54. The van der Waals surface area contributed by atoms with Gasteiger partial charge in [0.1, 0.15) is 0 Å². The van der Waals surface area contributed by atoms with Gasteiger partial charge in [-0.15, -0.1) is 0 Å². The van der Waals surface area contributed by atoms with Crippen LogP contribution in [0, 0.1) is 6.92 Å². The molecule has 0 atom stereocenters. The Labute approximate surface area is 103 Å². The van der Waals surface area contributed by atoms with E-state index in [0.29, 0.717) is 0 Å². The molecule has 1 aliphatic rings. The number of aryl methyl sites for hydroxylation is 2. The minimum absolute atomic E-state index is 0.824. The van der Waals surface area contributed by atoms with Crippen LogP contribution in [0.2, 0.25) is 0 Å². The van der Waals surface area contributed by atoms with E-state index in [1.54, 1.807) is 7.11 Å². The van der Waals surface area contributed by atoms with Crippen molar-refractivity contribution in [3.05, 3.63) is 11.3 Å². The molecule has 1 N–H and O–H groups in total. The Bertz CT molecular complexity index is 369. The minimum atomic E-state index is 0.824. The highest BCUT2D eigenvalue weighted by Crippen LogP contribution is 2.23. The standard InChI is InChI=1S/C13H23N3O/c1-10-12(13(17-3)16(2)15-10)6-4-5-9-14-11-7-8-11/h11,14H,4-9H2,1-3H3. The first-order chi connectivity index (χ1) is 8.22. The predicted molar refractivity (Wildman–Crippen MR) is 68.5 cm³/mol. The molecule has 1 heterocycles. The van der Waals surface area contributed by atoms with Crippen LogP contribution in [-0.4, -0.2) is 29.5 Å².